The number of anilines is 7. The molecule has 2 aliphatic heterocycles. The zero-order valence-corrected chi connectivity index (χ0v) is 28.0. The molecule has 0 radical (unpaired) electrons. The number of pyridine rings is 1. The van der Waals surface area contributed by atoms with Crippen molar-refractivity contribution in [3.05, 3.63) is 146 Å². The molecule has 0 spiro atoms. The molecular formula is C37H22N5O2PtSe-3. The second kappa shape index (κ2) is 11.8. The molecule has 7 nitrogen and oxygen atoms in total. The van der Waals surface area contributed by atoms with Gasteiger partial charge in [-0.05, 0) is 12.1 Å². The molecular weight excluding hydrogens is 820 g/mol. The number of hydrogen-bond donors (Lipinski definition) is 0. The van der Waals surface area contributed by atoms with Crippen LogP contribution in [0.4, 0.5) is 40.1 Å². The van der Waals surface area contributed by atoms with Crippen molar-refractivity contribution in [2.75, 3.05) is 14.7 Å². The first-order chi connectivity index (χ1) is 22.3. The summed E-state index contributed by atoms with van der Waals surface area (Å²) >= 11 is 0.0563. The summed E-state index contributed by atoms with van der Waals surface area (Å²) < 4.78 is 15.0. The van der Waals surface area contributed by atoms with E-state index in [9.17, 15) is 0 Å². The Morgan fingerprint density at radius 1 is 0.696 bits per heavy atom. The molecule has 4 heterocycles. The summed E-state index contributed by atoms with van der Waals surface area (Å²) in [6, 6.07) is 46.0. The van der Waals surface area contributed by atoms with E-state index in [0.29, 0.717) is 17.5 Å². The Bertz CT molecular complexity index is 2180. The molecule has 2 aliphatic rings. The number of benzene rings is 5. The number of rotatable bonds is 5. The van der Waals surface area contributed by atoms with Gasteiger partial charge in [0.05, 0.1) is 0 Å². The predicted octanol–water partition coefficient (Wildman–Crippen LogP) is 7.46. The average Bonchev–Trinajstić information content (AvgIpc) is 3.70. The molecule has 0 unspecified atom stereocenters. The van der Waals surface area contributed by atoms with E-state index in [1.807, 2.05) is 90.1 Å². The van der Waals surface area contributed by atoms with Crippen molar-refractivity contribution >= 4 is 75.1 Å². The predicted molar refractivity (Wildman–Crippen MR) is 177 cm³/mol. The first kappa shape index (κ1) is 28.6. The topological polar surface area (TPSA) is 57.9 Å². The first-order valence-electron chi connectivity index (χ1n) is 14.4. The van der Waals surface area contributed by atoms with Gasteiger partial charge < -0.3 is 0 Å². The van der Waals surface area contributed by atoms with Crippen LogP contribution < -0.4 is 28.4 Å². The molecule has 0 saturated carbocycles. The average molecular weight is 843 g/mol. The summed E-state index contributed by atoms with van der Waals surface area (Å²) in [5.74, 6) is 1.16. The fourth-order valence-electron chi connectivity index (χ4n) is 5.63. The van der Waals surface area contributed by atoms with Gasteiger partial charge >= 0.3 is 230 Å². The Hall–Kier alpha value is -4.87. The van der Waals surface area contributed by atoms with Crippen LogP contribution in [0.5, 0.6) is 11.5 Å². The van der Waals surface area contributed by atoms with Gasteiger partial charge in [0.2, 0.25) is 0 Å². The van der Waals surface area contributed by atoms with Crippen LogP contribution in [0.25, 0.3) is 11.1 Å². The molecule has 0 N–H and O–H groups in total. The van der Waals surface area contributed by atoms with Gasteiger partial charge in [-0.2, -0.15) is 0 Å². The Morgan fingerprint density at radius 2 is 1.48 bits per heavy atom. The number of hydrogen-bond acceptors (Lipinski definition) is 7. The number of para-hydroxylation sites is 5. The maximum atomic E-state index is 6.42. The Kier molecular flexibility index (Phi) is 7.34. The molecule has 2 aromatic heterocycles. The summed E-state index contributed by atoms with van der Waals surface area (Å²) in [5, 5.41) is 0. The number of fused-ring (bicyclic) bond motifs is 4. The third kappa shape index (κ3) is 4.96. The summed E-state index contributed by atoms with van der Waals surface area (Å²) in [6.07, 6.45) is 3.69. The standard InChI is InChI=1S/C37H22N5O2Se.Pt/c1-2-9-25(10-3-1)40-24-41(31-15-6-5-14-30(31)40)26-11-8-12-27(21-26)43-28-17-18-35-32(22-28)42(33-23-38-20-19-36(33)45-35)37-39-29-13-4-7-16-34(29)44-37;/h1-20,23-24H;/q-3;. The normalized spacial score (nSPS) is 13.2. The van der Waals surface area contributed by atoms with Gasteiger partial charge in [0.1, 0.15) is 0 Å². The van der Waals surface area contributed by atoms with Crippen molar-refractivity contribution in [1.82, 2.24) is 9.97 Å². The molecule has 0 bridgehead atoms. The molecule has 46 heavy (non-hydrogen) atoms. The second-order valence-corrected chi connectivity index (χ2v) is 12.7. The summed E-state index contributed by atoms with van der Waals surface area (Å²) in [7, 11) is 0. The molecule has 5 aromatic carbocycles. The van der Waals surface area contributed by atoms with Crippen LogP contribution in [0, 0.1) is 18.8 Å². The number of ether oxygens (including phenoxy) is 1. The van der Waals surface area contributed by atoms with Gasteiger partial charge in [-0.25, -0.2) is 0 Å². The molecule has 226 valence electrons. The quantitative estimate of drug-likeness (QED) is 0.132. The molecule has 9 rings (SSSR count). The summed E-state index contributed by atoms with van der Waals surface area (Å²) in [5.41, 5.74) is 7.42. The maximum absolute atomic E-state index is 6.42. The number of nitrogens with zero attached hydrogens (tertiary/aromatic N) is 5. The van der Waals surface area contributed by atoms with Crippen LogP contribution in [0.2, 0.25) is 0 Å². The van der Waals surface area contributed by atoms with Crippen molar-refractivity contribution in [1.29, 1.82) is 0 Å². The van der Waals surface area contributed by atoms with Crippen LogP contribution in [0.15, 0.2) is 132 Å². The van der Waals surface area contributed by atoms with Crippen LogP contribution in [-0.2, 0) is 21.1 Å². The summed E-state index contributed by atoms with van der Waals surface area (Å²) in [4.78, 5) is 15.5. The molecule has 0 aliphatic carbocycles. The van der Waals surface area contributed by atoms with E-state index in [1.165, 1.54) is 4.46 Å². The fraction of sp³-hybridized carbons (Fsp3) is 0. The van der Waals surface area contributed by atoms with Crippen LogP contribution >= 0.6 is 0 Å². The van der Waals surface area contributed by atoms with Gasteiger partial charge in [0.15, 0.2) is 0 Å². The van der Waals surface area contributed by atoms with E-state index >= 15 is 0 Å². The third-order valence-electron chi connectivity index (χ3n) is 7.68. The van der Waals surface area contributed by atoms with Crippen LogP contribution in [0.1, 0.15) is 0 Å². The summed E-state index contributed by atoms with van der Waals surface area (Å²) in [6.45, 7) is 2.09. The zero-order valence-electron chi connectivity index (χ0n) is 24.0. The molecule has 7 aromatic rings. The van der Waals surface area contributed by atoms with E-state index in [-0.39, 0.29) is 36.0 Å². The number of oxazole rings is 1. The minimum absolute atomic E-state index is 0. The second-order valence-electron chi connectivity index (χ2n) is 10.5. The van der Waals surface area contributed by atoms with E-state index in [2.05, 4.69) is 76.0 Å². The van der Waals surface area contributed by atoms with Crippen molar-refractivity contribution in [3.63, 3.8) is 0 Å². The Balaban J connectivity index is 0.00000312. The van der Waals surface area contributed by atoms with Gasteiger partial charge in [0.25, 0.3) is 0 Å². The SMILES string of the molecule is [Pt].[c-]1c(Oc2[c-]c3c(cc2)[Se]c2ccncc2N3c2nc3ccccc3o2)cccc1N1[CH-]N(c2ccccc2)c2ccccc21. The van der Waals surface area contributed by atoms with Crippen molar-refractivity contribution in [2.45, 2.75) is 0 Å². The molecule has 0 atom stereocenters. The van der Waals surface area contributed by atoms with Crippen LogP contribution in [0.3, 0.4) is 0 Å². The fourth-order valence-corrected chi connectivity index (χ4v) is 7.71. The monoisotopic (exact) mass is 843 g/mol. The van der Waals surface area contributed by atoms with E-state index in [0.717, 1.165) is 49.7 Å². The van der Waals surface area contributed by atoms with Crippen molar-refractivity contribution < 1.29 is 30.2 Å². The van der Waals surface area contributed by atoms with E-state index in [4.69, 9.17) is 14.1 Å². The van der Waals surface area contributed by atoms with E-state index < -0.39 is 0 Å². The zero-order chi connectivity index (χ0) is 29.7. The van der Waals surface area contributed by atoms with Gasteiger partial charge in [-0.15, -0.1) is 0 Å². The Morgan fingerprint density at radius 3 is 2.35 bits per heavy atom. The van der Waals surface area contributed by atoms with Gasteiger partial charge in [0, 0.05) is 21.1 Å². The van der Waals surface area contributed by atoms with Crippen molar-refractivity contribution in [3.8, 4) is 11.5 Å². The van der Waals surface area contributed by atoms with Gasteiger partial charge in [-0.1, -0.05) is 24.3 Å². The third-order valence-corrected chi connectivity index (χ3v) is 10.0. The van der Waals surface area contributed by atoms with Gasteiger partial charge in [-0.3, -0.25) is 0 Å². The van der Waals surface area contributed by atoms with E-state index in [1.54, 1.807) is 0 Å². The molecule has 9 heteroatoms. The molecule has 0 amide bonds. The minimum atomic E-state index is 0. The first-order valence-corrected chi connectivity index (χ1v) is 16.1. The number of aromatic nitrogens is 2. The molecule has 0 saturated heterocycles. The van der Waals surface area contributed by atoms with Crippen molar-refractivity contribution in [2.24, 2.45) is 0 Å². The Labute approximate surface area is 286 Å². The molecule has 0 fully saturated rings. The van der Waals surface area contributed by atoms with Crippen LogP contribution in [-0.4, -0.2) is 24.9 Å².